The third-order valence-electron chi connectivity index (χ3n) is 4.55. The lowest BCUT2D eigenvalue weighted by molar-refractivity contribution is -0.126. The SMILES string of the molecule is CCOCC(=O)N[C@@H](C)c1cccc(-c2nc3c(ncc4ncn(C)c43)s2)c1. The number of nitrogens with one attached hydrogen (secondary N) is 1. The molecule has 7 nitrogen and oxygen atoms in total. The van der Waals surface area contributed by atoms with Crippen LogP contribution in [-0.4, -0.2) is 38.6 Å². The number of thiazole rings is 1. The predicted molar refractivity (Wildman–Crippen MR) is 110 cm³/mol. The second-order valence-electron chi connectivity index (χ2n) is 6.57. The Morgan fingerprint density at radius 2 is 2.21 bits per heavy atom. The molecule has 1 aromatic carbocycles. The largest absolute Gasteiger partial charge is 0.372 e. The Labute approximate surface area is 166 Å². The van der Waals surface area contributed by atoms with Gasteiger partial charge in [-0.25, -0.2) is 15.0 Å². The first-order chi connectivity index (χ1) is 13.6. The van der Waals surface area contributed by atoms with Crippen LogP contribution < -0.4 is 5.32 Å². The summed E-state index contributed by atoms with van der Waals surface area (Å²) in [5.74, 6) is -0.123. The molecule has 0 fully saturated rings. The van der Waals surface area contributed by atoms with Crippen LogP contribution in [-0.2, 0) is 16.6 Å². The van der Waals surface area contributed by atoms with Crippen LogP contribution in [0.5, 0.6) is 0 Å². The van der Waals surface area contributed by atoms with E-state index in [0.717, 1.165) is 37.5 Å². The maximum atomic E-state index is 11.9. The lowest BCUT2D eigenvalue weighted by atomic mass is 10.1. The molecule has 8 heteroatoms. The van der Waals surface area contributed by atoms with Crippen LogP contribution in [0.15, 0.2) is 36.8 Å². The zero-order valence-electron chi connectivity index (χ0n) is 16.0. The van der Waals surface area contributed by atoms with Gasteiger partial charge in [-0.2, -0.15) is 0 Å². The van der Waals surface area contributed by atoms with Crippen LogP contribution in [0, 0.1) is 0 Å². The van der Waals surface area contributed by atoms with Crippen molar-refractivity contribution in [3.63, 3.8) is 0 Å². The number of aromatic nitrogens is 4. The highest BCUT2D eigenvalue weighted by Gasteiger charge is 2.15. The van der Waals surface area contributed by atoms with Gasteiger partial charge in [0.15, 0.2) is 0 Å². The van der Waals surface area contributed by atoms with Gasteiger partial charge in [-0.15, -0.1) is 0 Å². The number of benzene rings is 1. The van der Waals surface area contributed by atoms with Gasteiger partial charge in [0.2, 0.25) is 5.91 Å². The van der Waals surface area contributed by atoms with Gasteiger partial charge in [-0.05, 0) is 25.5 Å². The molecular weight excluding hydrogens is 374 g/mol. The summed E-state index contributed by atoms with van der Waals surface area (Å²) < 4.78 is 7.13. The maximum absolute atomic E-state index is 11.9. The fourth-order valence-corrected chi connectivity index (χ4v) is 4.04. The van der Waals surface area contributed by atoms with Crippen molar-refractivity contribution in [1.29, 1.82) is 0 Å². The molecule has 0 radical (unpaired) electrons. The first-order valence-electron chi connectivity index (χ1n) is 9.10. The Kier molecular flexibility index (Phi) is 5.06. The van der Waals surface area contributed by atoms with Crippen LogP contribution in [0.3, 0.4) is 0 Å². The lowest BCUT2D eigenvalue weighted by Crippen LogP contribution is -2.30. The van der Waals surface area contributed by atoms with E-state index in [0.29, 0.717) is 6.61 Å². The fourth-order valence-electron chi connectivity index (χ4n) is 3.13. The number of carbonyl (C=O) groups is 1. The van der Waals surface area contributed by atoms with Crippen molar-refractivity contribution >= 4 is 38.6 Å². The van der Waals surface area contributed by atoms with Crippen molar-refractivity contribution in [3.8, 4) is 10.6 Å². The van der Waals surface area contributed by atoms with Gasteiger partial charge in [-0.3, -0.25) is 4.79 Å². The van der Waals surface area contributed by atoms with Gasteiger partial charge >= 0.3 is 0 Å². The Morgan fingerprint density at radius 3 is 3.04 bits per heavy atom. The predicted octanol–water partition coefficient (Wildman–Crippen LogP) is 3.46. The van der Waals surface area contributed by atoms with E-state index >= 15 is 0 Å². The molecule has 4 rings (SSSR count). The minimum absolute atomic E-state index is 0.0742. The molecule has 0 bridgehead atoms. The second-order valence-corrected chi connectivity index (χ2v) is 7.55. The number of carbonyl (C=O) groups excluding carboxylic acids is 1. The van der Waals surface area contributed by atoms with E-state index in [4.69, 9.17) is 9.72 Å². The van der Waals surface area contributed by atoms with Crippen molar-refractivity contribution in [2.75, 3.05) is 13.2 Å². The van der Waals surface area contributed by atoms with Crippen molar-refractivity contribution < 1.29 is 9.53 Å². The number of imidazole rings is 1. The summed E-state index contributed by atoms with van der Waals surface area (Å²) >= 11 is 1.55. The number of ether oxygens (including phenoxy) is 1. The van der Waals surface area contributed by atoms with Gasteiger partial charge in [-0.1, -0.05) is 29.5 Å². The zero-order chi connectivity index (χ0) is 19.7. The van der Waals surface area contributed by atoms with E-state index in [9.17, 15) is 4.79 Å². The molecule has 0 aliphatic rings. The standard InChI is InChI=1S/C20H21N5O2S/c1-4-27-10-16(26)23-12(2)13-6-5-7-14(8-13)19-24-17-18-15(22-11-25(18)3)9-21-20(17)28-19/h5-9,11-12H,4,10H2,1-3H3,(H,23,26)/t12-/m0/s1. The molecule has 0 spiro atoms. The van der Waals surface area contributed by atoms with Crippen molar-refractivity contribution in [3.05, 3.63) is 42.4 Å². The van der Waals surface area contributed by atoms with Crippen molar-refractivity contribution in [2.24, 2.45) is 7.05 Å². The summed E-state index contributed by atoms with van der Waals surface area (Å²) in [6, 6.07) is 7.94. The van der Waals surface area contributed by atoms with Crippen LogP contribution in [0.4, 0.5) is 0 Å². The Hall–Kier alpha value is -2.84. The number of hydrogen-bond donors (Lipinski definition) is 1. The molecule has 3 heterocycles. The Bertz CT molecular complexity index is 1150. The second kappa shape index (κ2) is 7.65. The molecule has 144 valence electrons. The van der Waals surface area contributed by atoms with E-state index < -0.39 is 0 Å². The summed E-state index contributed by atoms with van der Waals surface area (Å²) in [4.78, 5) is 26.5. The molecule has 1 amide bonds. The number of hydrogen-bond acceptors (Lipinski definition) is 6. The summed E-state index contributed by atoms with van der Waals surface area (Å²) in [5, 5.41) is 3.85. The molecule has 0 saturated heterocycles. The first-order valence-corrected chi connectivity index (χ1v) is 9.92. The smallest absolute Gasteiger partial charge is 0.246 e. The average Bonchev–Trinajstić information content (AvgIpc) is 3.30. The molecular formula is C20H21N5O2S. The minimum Gasteiger partial charge on any atom is -0.372 e. The highest BCUT2D eigenvalue weighted by molar-refractivity contribution is 7.21. The van der Waals surface area contributed by atoms with E-state index in [1.165, 1.54) is 0 Å². The fraction of sp³-hybridized carbons (Fsp3) is 0.300. The lowest BCUT2D eigenvalue weighted by Gasteiger charge is -2.15. The summed E-state index contributed by atoms with van der Waals surface area (Å²) in [6.45, 7) is 4.42. The van der Waals surface area contributed by atoms with E-state index in [1.54, 1.807) is 23.9 Å². The van der Waals surface area contributed by atoms with Gasteiger partial charge in [0.1, 0.15) is 27.5 Å². The molecule has 0 unspecified atom stereocenters. The van der Waals surface area contributed by atoms with Gasteiger partial charge in [0.05, 0.1) is 24.1 Å². The van der Waals surface area contributed by atoms with E-state index in [2.05, 4.69) is 21.4 Å². The number of nitrogens with zero attached hydrogens (tertiary/aromatic N) is 4. The van der Waals surface area contributed by atoms with Gasteiger partial charge < -0.3 is 14.6 Å². The molecule has 0 aliphatic heterocycles. The molecule has 1 atom stereocenters. The molecule has 1 N–H and O–H groups in total. The molecule has 0 saturated carbocycles. The highest BCUT2D eigenvalue weighted by Crippen LogP contribution is 2.33. The summed E-state index contributed by atoms with van der Waals surface area (Å²) in [6.07, 6.45) is 3.56. The van der Waals surface area contributed by atoms with Crippen LogP contribution in [0.25, 0.3) is 32.0 Å². The molecule has 0 aliphatic carbocycles. The van der Waals surface area contributed by atoms with Crippen molar-refractivity contribution in [2.45, 2.75) is 19.9 Å². The number of fused-ring (bicyclic) bond motifs is 3. The monoisotopic (exact) mass is 395 g/mol. The maximum Gasteiger partial charge on any atom is 0.246 e. The van der Waals surface area contributed by atoms with Crippen LogP contribution in [0.1, 0.15) is 25.5 Å². The quantitative estimate of drug-likeness (QED) is 0.541. The number of amides is 1. The number of aryl methyl sites for hydroxylation is 1. The van der Waals surface area contributed by atoms with Crippen LogP contribution in [0.2, 0.25) is 0 Å². The topological polar surface area (TPSA) is 81.9 Å². The normalized spacial score (nSPS) is 12.5. The Morgan fingerprint density at radius 1 is 1.36 bits per heavy atom. The molecule has 3 aromatic heterocycles. The number of pyridine rings is 1. The van der Waals surface area contributed by atoms with Crippen molar-refractivity contribution in [1.82, 2.24) is 24.8 Å². The average molecular weight is 395 g/mol. The molecule has 28 heavy (non-hydrogen) atoms. The van der Waals surface area contributed by atoms with Gasteiger partial charge in [0, 0.05) is 19.2 Å². The van der Waals surface area contributed by atoms with Crippen LogP contribution >= 0.6 is 11.3 Å². The number of rotatable bonds is 6. The summed E-state index contributed by atoms with van der Waals surface area (Å²) in [5.41, 5.74) is 4.70. The molecule has 4 aromatic rings. The van der Waals surface area contributed by atoms with Gasteiger partial charge in [0.25, 0.3) is 0 Å². The highest BCUT2D eigenvalue weighted by atomic mass is 32.1. The first kappa shape index (κ1) is 18.5. The Balaban J connectivity index is 1.65. The third-order valence-corrected chi connectivity index (χ3v) is 5.56. The summed E-state index contributed by atoms with van der Waals surface area (Å²) in [7, 11) is 1.96. The van der Waals surface area contributed by atoms with E-state index in [-0.39, 0.29) is 18.6 Å². The van der Waals surface area contributed by atoms with E-state index in [1.807, 2.05) is 43.7 Å². The third kappa shape index (κ3) is 3.48. The zero-order valence-corrected chi connectivity index (χ0v) is 16.8. The minimum atomic E-state index is -0.123.